The second kappa shape index (κ2) is 6.56. The van der Waals surface area contributed by atoms with Gasteiger partial charge in [0, 0.05) is 28.0 Å². The Kier molecular flexibility index (Phi) is 4.19. The van der Waals surface area contributed by atoms with Crippen molar-refractivity contribution < 1.29 is 9.53 Å². The number of aromatic nitrogens is 2. The second-order valence-corrected chi connectivity index (χ2v) is 7.65. The van der Waals surface area contributed by atoms with E-state index >= 15 is 0 Å². The summed E-state index contributed by atoms with van der Waals surface area (Å²) in [4.78, 5) is 30.2. The summed E-state index contributed by atoms with van der Waals surface area (Å²) >= 11 is 0. The standard InChI is InChI=1S/C22H21N3O3/c1-22(2,3)28-21(27)25-17-7-5-4-6-14(17)13-8-9-18-16(12-13)15-10-11-23-19(15)20(26)24-18/h4-12,23H,1-3H3,(H,24,26)(H,25,27). The monoisotopic (exact) mass is 375 g/mol. The molecule has 0 fully saturated rings. The average molecular weight is 375 g/mol. The third-order valence-electron chi connectivity index (χ3n) is 4.41. The molecule has 2 aromatic carbocycles. The maximum Gasteiger partial charge on any atom is 0.412 e. The number of ether oxygens (including phenoxy) is 1. The van der Waals surface area contributed by atoms with Crippen molar-refractivity contribution in [2.24, 2.45) is 0 Å². The predicted molar refractivity (Wildman–Crippen MR) is 112 cm³/mol. The molecule has 1 amide bonds. The molecule has 0 radical (unpaired) electrons. The highest BCUT2D eigenvalue weighted by Gasteiger charge is 2.17. The van der Waals surface area contributed by atoms with Crippen LogP contribution in [-0.4, -0.2) is 21.7 Å². The minimum Gasteiger partial charge on any atom is -0.444 e. The van der Waals surface area contributed by atoms with Crippen LogP contribution in [0.2, 0.25) is 0 Å². The summed E-state index contributed by atoms with van der Waals surface area (Å²) in [5, 5.41) is 4.62. The molecule has 0 atom stereocenters. The highest BCUT2D eigenvalue weighted by atomic mass is 16.6. The highest BCUT2D eigenvalue weighted by Crippen LogP contribution is 2.32. The first-order valence-electron chi connectivity index (χ1n) is 9.04. The zero-order valence-corrected chi connectivity index (χ0v) is 15.9. The summed E-state index contributed by atoms with van der Waals surface area (Å²) in [5.41, 5.74) is 3.04. The van der Waals surface area contributed by atoms with E-state index in [1.807, 2.05) is 69.3 Å². The molecule has 28 heavy (non-hydrogen) atoms. The second-order valence-electron chi connectivity index (χ2n) is 7.65. The van der Waals surface area contributed by atoms with E-state index in [0.29, 0.717) is 11.2 Å². The topological polar surface area (TPSA) is 87.0 Å². The van der Waals surface area contributed by atoms with Gasteiger partial charge in [0.1, 0.15) is 11.1 Å². The number of hydrogen-bond acceptors (Lipinski definition) is 3. The van der Waals surface area contributed by atoms with Crippen molar-refractivity contribution in [2.45, 2.75) is 26.4 Å². The molecule has 0 saturated carbocycles. The van der Waals surface area contributed by atoms with Crippen molar-refractivity contribution in [3.05, 3.63) is 65.1 Å². The Balaban J connectivity index is 1.79. The van der Waals surface area contributed by atoms with Gasteiger partial charge >= 0.3 is 6.09 Å². The number of carbonyl (C=O) groups is 1. The molecule has 6 nitrogen and oxygen atoms in total. The first-order chi connectivity index (χ1) is 13.3. The molecule has 4 aromatic rings. The van der Waals surface area contributed by atoms with Crippen molar-refractivity contribution in [1.29, 1.82) is 0 Å². The van der Waals surface area contributed by atoms with Crippen LogP contribution in [0.3, 0.4) is 0 Å². The van der Waals surface area contributed by atoms with Crippen LogP contribution in [0, 0.1) is 0 Å². The van der Waals surface area contributed by atoms with E-state index in [1.54, 1.807) is 6.20 Å². The van der Waals surface area contributed by atoms with E-state index in [2.05, 4.69) is 15.3 Å². The van der Waals surface area contributed by atoms with Crippen LogP contribution in [-0.2, 0) is 4.74 Å². The molecule has 0 aliphatic rings. The Morgan fingerprint density at radius 2 is 1.82 bits per heavy atom. The lowest BCUT2D eigenvalue weighted by Gasteiger charge is -2.20. The zero-order valence-electron chi connectivity index (χ0n) is 15.9. The van der Waals surface area contributed by atoms with Crippen molar-refractivity contribution >= 4 is 33.6 Å². The molecule has 0 aliphatic heterocycles. The number of benzene rings is 2. The minimum absolute atomic E-state index is 0.146. The maximum absolute atomic E-state index is 12.2. The van der Waals surface area contributed by atoms with Gasteiger partial charge in [0.25, 0.3) is 5.56 Å². The minimum atomic E-state index is -0.576. The van der Waals surface area contributed by atoms with Crippen LogP contribution < -0.4 is 10.9 Å². The van der Waals surface area contributed by atoms with Gasteiger partial charge in [-0.05, 0) is 50.6 Å². The summed E-state index contributed by atoms with van der Waals surface area (Å²) in [6, 6.07) is 15.3. The van der Waals surface area contributed by atoms with Gasteiger partial charge in [-0.3, -0.25) is 10.1 Å². The van der Waals surface area contributed by atoms with Crippen LogP contribution in [0.25, 0.3) is 32.9 Å². The molecular formula is C22H21N3O3. The van der Waals surface area contributed by atoms with Crippen LogP contribution in [0.4, 0.5) is 10.5 Å². The van der Waals surface area contributed by atoms with Gasteiger partial charge in [-0.1, -0.05) is 24.3 Å². The zero-order chi connectivity index (χ0) is 19.9. The van der Waals surface area contributed by atoms with E-state index in [9.17, 15) is 9.59 Å². The Morgan fingerprint density at radius 3 is 2.61 bits per heavy atom. The molecule has 2 heterocycles. The number of anilines is 1. The van der Waals surface area contributed by atoms with Gasteiger partial charge in [-0.2, -0.15) is 0 Å². The summed E-state index contributed by atoms with van der Waals surface area (Å²) in [6.45, 7) is 5.47. The summed E-state index contributed by atoms with van der Waals surface area (Å²) in [6.07, 6.45) is 1.25. The number of para-hydroxylation sites is 1. The number of fused-ring (bicyclic) bond motifs is 3. The molecule has 3 N–H and O–H groups in total. The van der Waals surface area contributed by atoms with E-state index < -0.39 is 11.7 Å². The van der Waals surface area contributed by atoms with E-state index in [4.69, 9.17) is 4.74 Å². The molecule has 142 valence electrons. The van der Waals surface area contributed by atoms with E-state index in [1.165, 1.54) is 0 Å². The van der Waals surface area contributed by atoms with Crippen LogP contribution >= 0.6 is 0 Å². The first-order valence-corrected chi connectivity index (χ1v) is 9.04. The van der Waals surface area contributed by atoms with Crippen molar-refractivity contribution in [1.82, 2.24) is 9.97 Å². The Bertz CT molecular complexity index is 1250. The fourth-order valence-electron chi connectivity index (χ4n) is 3.27. The van der Waals surface area contributed by atoms with E-state index in [0.717, 1.165) is 27.4 Å². The van der Waals surface area contributed by atoms with Gasteiger partial charge in [0.05, 0.1) is 5.69 Å². The SMILES string of the molecule is CC(C)(C)OC(=O)Nc1ccccc1-c1ccc2[nH]c(=O)c3[nH]ccc3c2c1. The molecule has 0 spiro atoms. The number of hydrogen-bond donors (Lipinski definition) is 3. The fourth-order valence-corrected chi connectivity index (χ4v) is 3.27. The number of H-pyrrole nitrogens is 2. The van der Waals surface area contributed by atoms with Gasteiger partial charge in [-0.25, -0.2) is 4.79 Å². The van der Waals surface area contributed by atoms with Crippen LogP contribution in [0.15, 0.2) is 59.5 Å². The summed E-state index contributed by atoms with van der Waals surface area (Å²) < 4.78 is 5.37. The molecule has 2 aromatic heterocycles. The maximum atomic E-state index is 12.2. The molecule has 0 aliphatic carbocycles. The van der Waals surface area contributed by atoms with Crippen molar-refractivity contribution in [3.8, 4) is 11.1 Å². The van der Waals surface area contributed by atoms with E-state index in [-0.39, 0.29) is 5.56 Å². The number of carbonyl (C=O) groups excluding carboxylic acids is 1. The number of amides is 1. The third kappa shape index (κ3) is 3.36. The number of pyridine rings is 1. The quantitative estimate of drug-likeness (QED) is 0.459. The van der Waals surface area contributed by atoms with Crippen LogP contribution in [0.1, 0.15) is 20.8 Å². The normalized spacial score (nSPS) is 11.7. The predicted octanol–water partition coefficient (Wildman–Crippen LogP) is 5.02. The van der Waals surface area contributed by atoms with Gasteiger partial charge in [0.15, 0.2) is 0 Å². The molecule has 0 unspecified atom stereocenters. The largest absolute Gasteiger partial charge is 0.444 e. The number of rotatable bonds is 2. The Morgan fingerprint density at radius 1 is 1.04 bits per heavy atom. The number of nitrogens with one attached hydrogen (secondary N) is 3. The Labute approximate surface area is 161 Å². The summed E-state index contributed by atoms with van der Waals surface area (Å²) in [5.74, 6) is 0. The number of aromatic amines is 2. The van der Waals surface area contributed by atoms with Crippen molar-refractivity contribution in [2.75, 3.05) is 5.32 Å². The van der Waals surface area contributed by atoms with Crippen molar-refractivity contribution in [3.63, 3.8) is 0 Å². The lowest BCUT2D eigenvalue weighted by atomic mass is 10.0. The third-order valence-corrected chi connectivity index (χ3v) is 4.41. The van der Waals surface area contributed by atoms with Gasteiger partial charge < -0.3 is 14.7 Å². The van der Waals surface area contributed by atoms with Crippen LogP contribution in [0.5, 0.6) is 0 Å². The van der Waals surface area contributed by atoms with Gasteiger partial charge in [-0.15, -0.1) is 0 Å². The fraction of sp³-hybridized carbons (Fsp3) is 0.182. The van der Waals surface area contributed by atoms with Gasteiger partial charge in [0.2, 0.25) is 0 Å². The lowest BCUT2D eigenvalue weighted by molar-refractivity contribution is 0.0636. The molecule has 6 heteroatoms. The molecule has 0 bridgehead atoms. The smallest absolute Gasteiger partial charge is 0.412 e. The molecular weight excluding hydrogens is 354 g/mol. The Hall–Kier alpha value is -3.54. The highest BCUT2D eigenvalue weighted by molar-refractivity contribution is 6.06. The summed E-state index contributed by atoms with van der Waals surface area (Å²) in [7, 11) is 0. The average Bonchev–Trinajstić information content (AvgIpc) is 3.11. The molecule has 4 rings (SSSR count). The molecule has 0 saturated heterocycles. The first kappa shape index (κ1) is 17.9. The lowest BCUT2D eigenvalue weighted by Crippen LogP contribution is -2.27.